The number of benzene rings is 2. The van der Waals surface area contributed by atoms with Crippen molar-refractivity contribution in [1.82, 2.24) is 5.43 Å². The standard InChI is InChI=1S/C25H33N3O/c1-16(2)28-23-12-18(4)21(13-22(23)19(5)14-25(28,6)7)15-26-27-24(29)20-10-8-17(3)9-11-20/h8-13,15-16,19H,14H2,1-7H3,(H,27,29)/b26-15+. The minimum Gasteiger partial charge on any atom is -0.364 e. The van der Waals surface area contributed by atoms with Gasteiger partial charge in [0.15, 0.2) is 0 Å². The van der Waals surface area contributed by atoms with Gasteiger partial charge in [-0.2, -0.15) is 5.10 Å². The maximum absolute atomic E-state index is 12.3. The molecule has 3 rings (SSSR count). The molecule has 1 heterocycles. The number of aryl methyl sites for hydroxylation is 2. The molecular formula is C25H33N3O. The lowest BCUT2D eigenvalue weighted by molar-refractivity contribution is 0.0955. The van der Waals surface area contributed by atoms with E-state index in [4.69, 9.17) is 0 Å². The van der Waals surface area contributed by atoms with Crippen molar-refractivity contribution in [2.75, 3.05) is 4.90 Å². The van der Waals surface area contributed by atoms with Gasteiger partial charge in [-0.15, -0.1) is 0 Å². The topological polar surface area (TPSA) is 44.7 Å². The second kappa shape index (κ2) is 8.02. The summed E-state index contributed by atoms with van der Waals surface area (Å²) in [5.74, 6) is 0.280. The molecule has 29 heavy (non-hydrogen) atoms. The Hall–Kier alpha value is -2.62. The molecule has 0 radical (unpaired) electrons. The summed E-state index contributed by atoms with van der Waals surface area (Å²) >= 11 is 0. The Morgan fingerprint density at radius 1 is 1.21 bits per heavy atom. The monoisotopic (exact) mass is 391 g/mol. The third-order valence-electron chi connectivity index (χ3n) is 5.86. The molecule has 0 fully saturated rings. The van der Waals surface area contributed by atoms with E-state index >= 15 is 0 Å². The van der Waals surface area contributed by atoms with E-state index in [1.165, 1.54) is 11.3 Å². The first-order valence-electron chi connectivity index (χ1n) is 10.4. The van der Waals surface area contributed by atoms with Gasteiger partial charge in [0, 0.05) is 22.8 Å². The number of hydrogen-bond donors (Lipinski definition) is 1. The minimum absolute atomic E-state index is 0.130. The highest BCUT2D eigenvalue weighted by Gasteiger charge is 2.37. The number of hydrazone groups is 1. The number of hydrogen-bond acceptors (Lipinski definition) is 3. The van der Waals surface area contributed by atoms with E-state index in [2.05, 4.69) is 69.1 Å². The van der Waals surface area contributed by atoms with Crippen LogP contribution in [0.25, 0.3) is 0 Å². The van der Waals surface area contributed by atoms with Gasteiger partial charge >= 0.3 is 0 Å². The molecule has 0 spiro atoms. The fourth-order valence-corrected chi connectivity index (χ4v) is 4.66. The molecule has 0 saturated carbocycles. The summed E-state index contributed by atoms with van der Waals surface area (Å²) in [7, 11) is 0. The number of amides is 1. The smallest absolute Gasteiger partial charge is 0.271 e. The quantitative estimate of drug-likeness (QED) is 0.547. The average molecular weight is 392 g/mol. The van der Waals surface area contributed by atoms with Crippen LogP contribution >= 0.6 is 0 Å². The van der Waals surface area contributed by atoms with Gasteiger partial charge in [-0.3, -0.25) is 4.79 Å². The highest BCUT2D eigenvalue weighted by molar-refractivity contribution is 5.95. The van der Waals surface area contributed by atoms with Crippen LogP contribution in [0.15, 0.2) is 41.5 Å². The van der Waals surface area contributed by atoms with Crippen molar-refractivity contribution in [3.05, 3.63) is 64.2 Å². The predicted octanol–water partition coefficient (Wildman–Crippen LogP) is 5.57. The zero-order chi connectivity index (χ0) is 21.3. The molecule has 1 aliphatic rings. The molecule has 0 bridgehead atoms. The van der Waals surface area contributed by atoms with Crippen molar-refractivity contribution in [3.8, 4) is 0 Å². The summed E-state index contributed by atoms with van der Waals surface area (Å²) in [6.45, 7) is 15.6. The van der Waals surface area contributed by atoms with Gasteiger partial charge < -0.3 is 4.90 Å². The van der Waals surface area contributed by atoms with Crippen LogP contribution in [0.4, 0.5) is 5.69 Å². The predicted molar refractivity (Wildman–Crippen MR) is 122 cm³/mol. The van der Waals surface area contributed by atoms with Crippen molar-refractivity contribution >= 4 is 17.8 Å². The molecule has 1 aliphatic heterocycles. The summed E-state index contributed by atoms with van der Waals surface area (Å²) in [6, 6.07) is 12.4. The summed E-state index contributed by atoms with van der Waals surface area (Å²) in [6.07, 6.45) is 2.87. The van der Waals surface area contributed by atoms with E-state index in [1.807, 2.05) is 31.2 Å². The minimum atomic E-state index is -0.196. The molecule has 0 aromatic heterocycles. The molecule has 2 aromatic carbocycles. The van der Waals surface area contributed by atoms with Crippen molar-refractivity contribution in [2.24, 2.45) is 5.10 Å². The highest BCUT2D eigenvalue weighted by Crippen LogP contribution is 2.45. The van der Waals surface area contributed by atoms with Gasteiger partial charge in [0.05, 0.1) is 6.21 Å². The van der Waals surface area contributed by atoms with Crippen molar-refractivity contribution < 1.29 is 4.79 Å². The summed E-state index contributed by atoms with van der Waals surface area (Å²) < 4.78 is 0. The van der Waals surface area contributed by atoms with Crippen LogP contribution in [0.5, 0.6) is 0 Å². The van der Waals surface area contributed by atoms with Gasteiger partial charge in [0.2, 0.25) is 0 Å². The number of anilines is 1. The number of nitrogens with zero attached hydrogens (tertiary/aromatic N) is 2. The molecule has 154 valence electrons. The van der Waals surface area contributed by atoms with Crippen molar-refractivity contribution in [3.63, 3.8) is 0 Å². The summed E-state index contributed by atoms with van der Waals surface area (Å²) in [4.78, 5) is 14.8. The van der Waals surface area contributed by atoms with Crippen molar-refractivity contribution in [1.29, 1.82) is 0 Å². The molecular weight excluding hydrogens is 358 g/mol. The Kier molecular flexibility index (Phi) is 5.83. The SMILES string of the molecule is Cc1ccc(C(=O)N/N=C/c2cc3c(cc2C)N(C(C)C)C(C)(C)CC3C)cc1. The Labute approximate surface area is 175 Å². The Balaban J connectivity index is 1.85. The molecule has 2 aromatic rings. The van der Waals surface area contributed by atoms with Gasteiger partial charge in [-0.05, 0) is 94.8 Å². The number of nitrogens with one attached hydrogen (secondary N) is 1. The second-order valence-electron chi connectivity index (χ2n) is 9.21. The largest absolute Gasteiger partial charge is 0.364 e. The molecule has 0 aliphatic carbocycles. The van der Waals surface area contributed by atoms with Gasteiger partial charge in [-0.1, -0.05) is 24.6 Å². The molecule has 1 N–H and O–H groups in total. The first kappa shape index (κ1) is 21.1. The van der Waals surface area contributed by atoms with Crippen LogP contribution in [0.3, 0.4) is 0 Å². The number of rotatable bonds is 4. The molecule has 1 atom stereocenters. The first-order chi connectivity index (χ1) is 13.6. The second-order valence-corrected chi connectivity index (χ2v) is 9.21. The van der Waals surface area contributed by atoms with Crippen LogP contribution in [0.2, 0.25) is 0 Å². The zero-order valence-corrected chi connectivity index (χ0v) is 18.7. The zero-order valence-electron chi connectivity index (χ0n) is 18.7. The lowest BCUT2D eigenvalue weighted by atomic mass is 9.78. The van der Waals surface area contributed by atoms with E-state index in [0.29, 0.717) is 17.5 Å². The Bertz CT molecular complexity index is 926. The Morgan fingerprint density at radius 3 is 2.48 bits per heavy atom. The fourth-order valence-electron chi connectivity index (χ4n) is 4.66. The number of carbonyl (C=O) groups excluding carboxylic acids is 1. The number of carbonyl (C=O) groups is 1. The third kappa shape index (κ3) is 4.36. The van der Waals surface area contributed by atoms with Gasteiger partial charge in [0.1, 0.15) is 0 Å². The van der Waals surface area contributed by atoms with Crippen LogP contribution in [0, 0.1) is 13.8 Å². The normalized spacial score (nSPS) is 18.2. The maximum atomic E-state index is 12.3. The first-order valence-corrected chi connectivity index (χ1v) is 10.4. The lowest BCUT2D eigenvalue weighted by Crippen LogP contribution is -2.51. The Morgan fingerprint density at radius 2 is 1.86 bits per heavy atom. The van der Waals surface area contributed by atoms with E-state index in [9.17, 15) is 4.79 Å². The van der Waals surface area contributed by atoms with E-state index < -0.39 is 0 Å². The molecule has 0 saturated heterocycles. The van der Waals surface area contributed by atoms with Gasteiger partial charge in [-0.25, -0.2) is 5.43 Å². The molecule has 4 heteroatoms. The summed E-state index contributed by atoms with van der Waals surface area (Å²) in [5.41, 5.74) is 9.39. The number of fused-ring (bicyclic) bond motifs is 1. The van der Waals surface area contributed by atoms with E-state index in [1.54, 1.807) is 6.21 Å². The fraction of sp³-hybridized carbons (Fsp3) is 0.440. The average Bonchev–Trinajstić information content (AvgIpc) is 2.62. The van der Waals surface area contributed by atoms with Crippen molar-refractivity contribution in [2.45, 2.75) is 72.4 Å². The molecule has 1 amide bonds. The third-order valence-corrected chi connectivity index (χ3v) is 5.86. The molecule has 1 unspecified atom stereocenters. The van der Waals surface area contributed by atoms with Crippen LogP contribution in [-0.2, 0) is 0 Å². The lowest BCUT2D eigenvalue weighted by Gasteiger charge is -2.50. The van der Waals surface area contributed by atoms with E-state index in [0.717, 1.165) is 23.1 Å². The molecule has 4 nitrogen and oxygen atoms in total. The highest BCUT2D eigenvalue weighted by atomic mass is 16.2. The summed E-state index contributed by atoms with van der Waals surface area (Å²) in [5, 5.41) is 4.22. The van der Waals surface area contributed by atoms with Gasteiger partial charge in [0.25, 0.3) is 5.91 Å². The maximum Gasteiger partial charge on any atom is 0.271 e. The van der Waals surface area contributed by atoms with E-state index in [-0.39, 0.29) is 11.4 Å². The van der Waals surface area contributed by atoms with Crippen LogP contribution in [-0.4, -0.2) is 23.7 Å². The van der Waals surface area contributed by atoms with Crippen LogP contribution < -0.4 is 10.3 Å². The van der Waals surface area contributed by atoms with Crippen LogP contribution in [0.1, 0.15) is 79.6 Å².